The van der Waals surface area contributed by atoms with Crippen LogP contribution in [0.15, 0.2) is 79.4 Å². The van der Waals surface area contributed by atoms with Gasteiger partial charge in [0.2, 0.25) is 0 Å². The Morgan fingerprint density at radius 1 is 1.07 bits per heavy atom. The summed E-state index contributed by atoms with van der Waals surface area (Å²) in [6, 6.07) is 19.7. The number of carbonyl (C=O) groups excluding carboxylic acids is 1. The van der Waals surface area contributed by atoms with Gasteiger partial charge in [-0.3, -0.25) is 9.78 Å². The van der Waals surface area contributed by atoms with Crippen molar-refractivity contribution in [2.75, 3.05) is 0 Å². The lowest BCUT2D eigenvalue weighted by molar-refractivity contribution is 0.0935. The first-order chi connectivity index (χ1) is 13.7. The summed E-state index contributed by atoms with van der Waals surface area (Å²) in [4.78, 5) is 21.3. The third-order valence-corrected chi connectivity index (χ3v) is 4.90. The van der Waals surface area contributed by atoms with Crippen LogP contribution in [0.25, 0.3) is 11.0 Å². The number of fused-ring (bicyclic) bond motifs is 1. The van der Waals surface area contributed by atoms with Crippen molar-refractivity contribution in [2.24, 2.45) is 0 Å². The molecule has 0 bridgehead atoms. The van der Waals surface area contributed by atoms with Gasteiger partial charge in [0.25, 0.3) is 5.91 Å². The van der Waals surface area contributed by atoms with E-state index in [4.69, 9.17) is 0 Å². The van der Waals surface area contributed by atoms with Gasteiger partial charge in [-0.2, -0.15) is 0 Å². The molecule has 0 unspecified atom stereocenters. The van der Waals surface area contributed by atoms with Gasteiger partial charge in [-0.05, 0) is 47.9 Å². The van der Waals surface area contributed by atoms with Gasteiger partial charge in [0, 0.05) is 24.5 Å². The lowest BCUT2D eigenvalue weighted by atomic mass is 10.0. The highest BCUT2D eigenvalue weighted by Crippen LogP contribution is 2.19. The number of nitrogens with one attached hydrogen (secondary N) is 1. The molecule has 1 N–H and O–H groups in total. The second-order valence-electron chi connectivity index (χ2n) is 6.78. The lowest BCUT2D eigenvalue weighted by Crippen LogP contribution is -2.28. The molecule has 1 amide bonds. The molecule has 28 heavy (non-hydrogen) atoms. The monoisotopic (exact) mass is 370 g/mol. The molecule has 2 heterocycles. The van der Waals surface area contributed by atoms with E-state index in [1.165, 1.54) is 0 Å². The van der Waals surface area contributed by atoms with Crippen molar-refractivity contribution >= 4 is 16.9 Å². The predicted molar refractivity (Wildman–Crippen MR) is 110 cm³/mol. The van der Waals surface area contributed by atoms with Crippen molar-refractivity contribution in [3.63, 3.8) is 0 Å². The van der Waals surface area contributed by atoms with Gasteiger partial charge < -0.3 is 9.88 Å². The number of rotatable bonds is 6. The Balaban J connectivity index is 1.54. The van der Waals surface area contributed by atoms with Crippen LogP contribution < -0.4 is 5.32 Å². The molecular weight excluding hydrogens is 348 g/mol. The van der Waals surface area contributed by atoms with Crippen molar-refractivity contribution in [1.82, 2.24) is 19.9 Å². The fourth-order valence-corrected chi connectivity index (χ4v) is 3.36. The standard InChI is InChI=1S/C23H22N4O/c1-2-20(18-6-4-3-5-7-18)26-23(28)19-8-9-22-21(14-19)25-16-27(22)15-17-10-12-24-13-11-17/h3-14,16,20H,2,15H2,1H3,(H,26,28)/t20-/m1/s1. The Morgan fingerprint density at radius 3 is 2.61 bits per heavy atom. The Morgan fingerprint density at radius 2 is 1.86 bits per heavy atom. The SMILES string of the molecule is CC[C@@H](NC(=O)c1ccc2c(c1)ncn2Cc1ccncc1)c1ccccc1. The molecule has 0 saturated heterocycles. The van der Waals surface area contributed by atoms with Crippen LogP contribution in [0.3, 0.4) is 0 Å². The van der Waals surface area contributed by atoms with E-state index in [0.29, 0.717) is 5.56 Å². The number of amides is 1. The number of carbonyl (C=O) groups is 1. The first kappa shape index (κ1) is 17.9. The Labute approximate surface area is 164 Å². The third kappa shape index (κ3) is 3.78. The number of hydrogen-bond donors (Lipinski definition) is 1. The topological polar surface area (TPSA) is 59.8 Å². The van der Waals surface area contributed by atoms with Crippen molar-refractivity contribution in [3.8, 4) is 0 Å². The predicted octanol–water partition coefficient (Wildman–Crippen LogP) is 4.36. The molecule has 140 valence electrons. The van der Waals surface area contributed by atoms with Gasteiger partial charge in [-0.1, -0.05) is 37.3 Å². The highest BCUT2D eigenvalue weighted by atomic mass is 16.1. The van der Waals surface area contributed by atoms with Crippen LogP contribution in [0, 0.1) is 0 Å². The largest absolute Gasteiger partial charge is 0.345 e. The molecule has 5 nitrogen and oxygen atoms in total. The van der Waals surface area contributed by atoms with Crippen molar-refractivity contribution in [3.05, 3.63) is 96.1 Å². The number of imidazole rings is 1. The summed E-state index contributed by atoms with van der Waals surface area (Å²) in [6.07, 6.45) is 6.21. The minimum atomic E-state index is -0.0821. The van der Waals surface area contributed by atoms with Gasteiger partial charge in [0.15, 0.2) is 0 Å². The van der Waals surface area contributed by atoms with Crippen LogP contribution in [-0.2, 0) is 6.54 Å². The van der Waals surface area contributed by atoms with E-state index < -0.39 is 0 Å². The van der Waals surface area contributed by atoms with E-state index in [1.54, 1.807) is 12.4 Å². The van der Waals surface area contributed by atoms with Crippen LogP contribution in [0.2, 0.25) is 0 Å². The van der Waals surface area contributed by atoms with Gasteiger partial charge in [-0.15, -0.1) is 0 Å². The Hall–Kier alpha value is -3.47. The Kier molecular flexibility index (Phi) is 5.15. The molecule has 0 aliphatic carbocycles. The van der Waals surface area contributed by atoms with Gasteiger partial charge in [-0.25, -0.2) is 4.98 Å². The van der Waals surface area contributed by atoms with Gasteiger partial charge >= 0.3 is 0 Å². The molecule has 1 atom stereocenters. The molecule has 4 rings (SSSR count). The van der Waals surface area contributed by atoms with Crippen LogP contribution >= 0.6 is 0 Å². The van der Waals surface area contributed by atoms with E-state index in [-0.39, 0.29) is 11.9 Å². The van der Waals surface area contributed by atoms with Crippen molar-refractivity contribution < 1.29 is 4.79 Å². The van der Waals surface area contributed by atoms with Gasteiger partial charge in [0.05, 0.1) is 23.4 Å². The summed E-state index contributed by atoms with van der Waals surface area (Å²) < 4.78 is 2.07. The molecule has 0 saturated carbocycles. The average molecular weight is 370 g/mol. The second kappa shape index (κ2) is 8.05. The summed E-state index contributed by atoms with van der Waals surface area (Å²) in [5.74, 6) is -0.0821. The fourth-order valence-electron chi connectivity index (χ4n) is 3.36. The maximum Gasteiger partial charge on any atom is 0.251 e. The van der Waals surface area contributed by atoms with Crippen molar-refractivity contribution in [2.45, 2.75) is 25.9 Å². The minimum Gasteiger partial charge on any atom is -0.345 e. The maximum absolute atomic E-state index is 12.8. The van der Waals surface area contributed by atoms with E-state index in [1.807, 2.05) is 67.0 Å². The molecule has 2 aromatic carbocycles. The molecule has 5 heteroatoms. The second-order valence-corrected chi connectivity index (χ2v) is 6.78. The summed E-state index contributed by atoms with van der Waals surface area (Å²) in [5, 5.41) is 3.13. The summed E-state index contributed by atoms with van der Waals surface area (Å²) in [7, 11) is 0. The zero-order valence-corrected chi connectivity index (χ0v) is 15.7. The number of benzene rings is 2. The third-order valence-electron chi connectivity index (χ3n) is 4.90. The smallest absolute Gasteiger partial charge is 0.251 e. The fraction of sp³-hybridized carbons (Fsp3) is 0.174. The molecule has 0 aliphatic rings. The Bertz CT molecular complexity index is 1070. The zero-order chi connectivity index (χ0) is 19.3. The first-order valence-electron chi connectivity index (χ1n) is 9.44. The minimum absolute atomic E-state index is 0.00588. The highest BCUT2D eigenvalue weighted by molar-refractivity contribution is 5.97. The van der Waals surface area contributed by atoms with Crippen LogP contribution in [0.4, 0.5) is 0 Å². The van der Waals surface area contributed by atoms with Crippen LogP contribution in [0.5, 0.6) is 0 Å². The van der Waals surface area contributed by atoms with E-state index >= 15 is 0 Å². The number of nitrogens with zero attached hydrogens (tertiary/aromatic N) is 3. The average Bonchev–Trinajstić information content (AvgIpc) is 3.15. The van der Waals surface area contributed by atoms with Crippen LogP contribution in [0.1, 0.15) is 40.9 Å². The lowest BCUT2D eigenvalue weighted by Gasteiger charge is -2.17. The molecule has 2 aromatic heterocycles. The van der Waals surface area contributed by atoms with Crippen molar-refractivity contribution in [1.29, 1.82) is 0 Å². The van der Waals surface area contributed by atoms with Crippen LogP contribution in [-0.4, -0.2) is 20.4 Å². The first-order valence-corrected chi connectivity index (χ1v) is 9.44. The highest BCUT2D eigenvalue weighted by Gasteiger charge is 2.15. The molecule has 0 radical (unpaired) electrons. The summed E-state index contributed by atoms with van der Waals surface area (Å²) in [5.41, 5.74) is 4.71. The van der Waals surface area contributed by atoms with E-state index in [9.17, 15) is 4.79 Å². The number of aromatic nitrogens is 3. The molecule has 4 aromatic rings. The quantitative estimate of drug-likeness (QED) is 0.548. The van der Waals surface area contributed by atoms with Gasteiger partial charge in [0.1, 0.15) is 0 Å². The van der Waals surface area contributed by atoms with E-state index in [0.717, 1.165) is 35.1 Å². The zero-order valence-electron chi connectivity index (χ0n) is 15.7. The van der Waals surface area contributed by atoms with E-state index in [2.05, 4.69) is 26.8 Å². The summed E-state index contributed by atoms with van der Waals surface area (Å²) >= 11 is 0. The molecule has 0 fully saturated rings. The molecule has 0 spiro atoms. The molecular formula is C23H22N4O. The maximum atomic E-state index is 12.8. The number of pyridine rings is 1. The normalized spacial score (nSPS) is 12.0. The molecule has 0 aliphatic heterocycles. The number of hydrogen-bond acceptors (Lipinski definition) is 3. The summed E-state index contributed by atoms with van der Waals surface area (Å²) in [6.45, 7) is 2.79.